The molecule has 20 heavy (non-hydrogen) atoms. The summed E-state index contributed by atoms with van der Waals surface area (Å²) in [5.74, 6) is 1.92. The molecule has 0 bridgehead atoms. The van der Waals surface area contributed by atoms with Crippen LogP contribution in [0, 0.1) is 0 Å². The second-order valence-corrected chi connectivity index (χ2v) is 5.12. The van der Waals surface area contributed by atoms with Gasteiger partial charge in [-0.2, -0.15) is 0 Å². The second-order valence-electron chi connectivity index (χ2n) is 5.12. The highest BCUT2D eigenvalue weighted by Crippen LogP contribution is 2.26. The summed E-state index contributed by atoms with van der Waals surface area (Å²) in [7, 11) is 0. The van der Waals surface area contributed by atoms with Gasteiger partial charge in [0.05, 0.1) is 5.69 Å². The summed E-state index contributed by atoms with van der Waals surface area (Å²) in [5.41, 5.74) is 3.73. The molecule has 0 spiro atoms. The Kier molecular flexibility index (Phi) is 3.67. The smallest absolute Gasteiger partial charge is 0.146 e. The van der Waals surface area contributed by atoms with Gasteiger partial charge in [-0.25, -0.2) is 15.0 Å². The van der Waals surface area contributed by atoms with Crippen molar-refractivity contribution in [1.29, 1.82) is 0 Å². The molecule has 5 nitrogen and oxygen atoms in total. The monoisotopic (exact) mass is 271 g/mol. The first kappa shape index (κ1) is 13.1. The van der Waals surface area contributed by atoms with Gasteiger partial charge in [0.25, 0.3) is 0 Å². The zero-order valence-corrected chi connectivity index (χ0v) is 12.2. The maximum Gasteiger partial charge on any atom is 0.146 e. The van der Waals surface area contributed by atoms with Crippen molar-refractivity contribution in [2.24, 2.45) is 0 Å². The molecule has 1 aliphatic rings. The third-order valence-electron chi connectivity index (χ3n) is 3.88. The van der Waals surface area contributed by atoms with Gasteiger partial charge in [-0.05, 0) is 39.0 Å². The van der Waals surface area contributed by atoms with Crippen LogP contribution in [0.4, 0.5) is 5.82 Å². The lowest BCUT2D eigenvalue weighted by atomic mass is 10.0. The molecule has 0 aliphatic heterocycles. The lowest BCUT2D eigenvalue weighted by Gasteiger charge is -2.17. The van der Waals surface area contributed by atoms with Crippen molar-refractivity contribution in [2.75, 3.05) is 11.9 Å². The number of nitrogens with zero attached hydrogens (tertiary/aromatic N) is 4. The summed E-state index contributed by atoms with van der Waals surface area (Å²) >= 11 is 0. The van der Waals surface area contributed by atoms with Gasteiger partial charge >= 0.3 is 0 Å². The fraction of sp³-hybridized carbons (Fsp3) is 0.533. The van der Waals surface area contributed by atoms with E-state index in [-0.39, 0.29) is 0 Å². The first-order chi connectivity index (χ1) is 9.85. The van der Waals surface area contributed by atoms with E-state index in [9.17, 15) is 0 Å². The number of hydrogen-bond donors (Lipinski definition) is 1. The molecular formula is C15H21N5. The molecule has 1 N–H and O–H groups in total. The molecule has 0 saturated heterocycles. The van der Waals surface area contributed by atoms with Crippen molar-refractivity contribution >= 4 is 5.82 Å². The first-order valence-corrected chi connectivity index (χ1v) is 7.48. The standard InChI is InChI=1S/C15H21N5/c1-3-11-14(16-4-2)17-9-18-15(11)20-10-19-12-7-5-6-8-13(12)20/h9-10H,3-8H2,1-2H3,(H,16,17,18). The maximum absolute atomic E-state index is 4.57. The minimum absolute atomic E-state index is 0.867. The van der Waals surface area contributed by atoms with Crippen molar-refractivity contribution in [3.63, 3.8) is 0 Å². The van der Waals surface area contributed by atoms with Gasteiger partial charge in [0.1, 0.15) is 24.3 Å². The number of hydrogen-bond acceptors (Lipinski definition) is 4. The summed E-state index contributed by atoms with van der Waals surface area (Å²) in [5, 5.41) is 3.32. The van der Waals surface area contributed by atoms with Crippen LogP contribution in [0.2, 0.25) is 0 Å². The number of anilines is 1. The van der Waals surface area contributed by atoms with Gasteiger partial charge < -0.3 is 5.32 Å². The highest BCUT2D eigenvalue weighted by Gasteiger charge is 2.19. The summed E-state index contributed by atoms with van der Waals surface area (Å²) in [6.07, 6.45) is 9.15. The van der Waals surface area contributed by atoms with E-state index in [1.165, 1.54) is 29.8 Å². The van der Waals surface area contributed by atoms with Crippen molar-refractivity contribution in [2.45, 2.75) is 46.0 Å². The SMILES string of the molecule is CCNc1ncnc(-n2cnc3c2CCCC3)c1CC. The number of imidazole rings is 1. The Balaban J connectivity index is 2.10. The molecule has 0 aromatic carbocycles. The number of fused-ring (bicyclic) bond motifs is 1. The Morgan fingerprint density at radius 2 is 2.00 bits per heavy atom. The van der Waals surface area contributed by atoms with Gasteiger partial charge in [0.15, 0.2) is 0 Å². The largest absolute Gasteiger partial charge is 0.370 e. The summed E-state index contributed by atoms with van der Waals surface area (Å²) < 4.78 is 2.16. The Morgan fingerprint density at radius 3 is 2.80 bits per heavy atom. The van der Waals surface area contributed by atoms with E-state index in [1.807, 2.05) is 6.33 Å². The topological polar surface area (TPSA) is 55.6 Å². The van der Waals surface area contributed by atoms with Gasteiger partial charge in [-0.15, -0.1) is 0 Å². The zero-order chi connectivity index (χ0) is 13.9. The molecular weight excluding hydrogens is 250 g/mol. The van der Waals surface area contributed by atoms with Gasteiger partial charge in [-0.3, -0.25) is 4.57 Å². The molecule has 2 aromatic rings. The highest BCUT2D eigenvalue weighted by atomic mass is 15.1. The van der Waals surface area contributed by atoms with E-state index >= 15 is 0 Å². The number of rotatable bonds is 4. The number of nitrogens with one attached hydrogen (secondary N) is 1. The van der Waals surface area contributed by atoms with Crippen LogP contribution in [-0.4, -0.2) is 26.1 Å². The third kappa shape index (κ3) is 2.17. The lowest BCUT2D eigenvalue weighted by Crippen LogP contribution is -2.12. The van der Waals surface area contributed by atoms with E-state index in [2.05, 4.69) is 38.7 Å². The zero-order valence-electron chi connectivity index (χ0n) is 12.2. The molecule has 1 aliphatic carbocycles. The van der Waals surface area contributed by atoms with Crippen molar-refractivity contribution in [1.82, 2.24) is 19.5 Å². The Hall–Kier alpha value is -1.91. The van der Waals surface area contributed by atoms with E-state index < -0.39 is 0 Å². The predicted molar refractivity (Wildman–Crippen MR) is 79.3 cm³/mol. The van der Waals surface area contributed by atoms with Crippen LogP contribution in [0.5, 0.6) is 0 Å². The second kappa shape index (κ2) is 5.61. The molecule has 0 saturated carbocycles. The third-order valence-corrected chi connectivity index (χ3v) is 3.88. The van der Waals surface area contributed by atoms with Crippen LogP contribution in [-0.2, 0) is 19.3 Å². The summed E-state index contributed by atoms with van der Waals surface area (Å²) in [4.78, 5) is 13.4. The molecule has 0 unspecified atom stereocenters. The molecule has 2 heterocycles. The molecule has 3 rings (SSSR count). The normalized spacial score (nSPS) is 14.1. The van der Waals surface area contributed by atoms with E-state index in [4.69, 9.17) is 0 Å². The van der Waals surface area contributed by atoms with Crippen LogP contribution < -0.4 is 5.32 Å². The average Bonchev–Trinajstić information content (AvgIpc) is 2.91. The quantitative estimate of drug-likeness (QED) is 0.928. The average molecular weight is 271 g/mol. The fourth-order valence-corrected chi connectivity index (χ4v) is 2.91. The van der Waals surface area contributed by atoms with Crippen LogP contribution in [0.15, 0.2) is 12.7 Å². The van der Waals surface area contributed by atoms with Crippen LogP contribution in [0.3, 0.4) is 0 Å². The molecule has 0 amide bonds. The predicted octanol–water partition coefficient (Wildman–Crippen LogP) is 2.54. The fourth-order valence-electron chi connectivity index (χ4n) is 2.91. The molecule has 106 valence electrons. The highest BCUT2D eigenvalue weighted by molar-refractivity contribution is 5.52. The molecule has 5 heteroatoms. The Bertz CT molecular complexity index is 602. The van der Waals surface area contributed by atoms with Gasteiger partial charge in [0, 0.05) is 17.8 Å². The lowest BCUT2D eigenvalue weighted by molar-refractivity contribution is 0.653. The van der Waals surface area contributed by atoms with E-state index in [0.717, 1.165) is 37.4 Å². The molecule has 2 aromatic heterocycles. The molecule has 0 atom stereocenters. The first-order valence-electron chi connectivity index (χ1n) is 7.48. The van der Waals surface area contributed by atoms with Crippen molar-refractivity contribution < 1.29 is 0 Å². The minimum Gasteiger partial charge on any atom is -0.370 e. The number of aromatic nitrogens is 4. The van der Waals surface area contributed by atoms with E-state index in [0.29, 0.717) is 0 Å². The van der Waals surface area contributed by atoms with Crippen LogP contribution in [0.1, 0.15) is 43.6 Å². The number of aryl methyl sites for hydroxylation is 1. The summed E-state index contributed by atoms with van der Waals surface area (Å²) in [6.45, 7) is 5.10. The molecule has 0 fully saturated rings. The Morgan fingerprint density at radius 1 is 1.15 bits per heavy atom. The maximum atomic E-state index is 4.57. The summed E-state index contributed by atoms with van der Waals surface area (Å²) in [6, 6.07) is 0. The van der Waals surface area contributed by atoms with Gasteiger partial charge in [0.2, 0.25) is 0 Å². The molecule has 0 radical (unpaired) electrons. The van der Waals surface area contributed by atoms with Crippen LogP contribution >= 0.6 is 0 Å². The van der Waals surface area contributed by atoms with Crippen molar-refractivity contribution in [3.05, 3.63) is 29.6 Å². The van der Waals surface area contributed by atoms with Gasteiger partial charge in [-0.1, -0.05) is 6.92 Å². The van der Waals surface area contributed by atoms with Crippen LogP contribution in [0.25, 0.3) is 5.82 Å². The Labute approximate surface area is 119 Å². The van der Waals surface area contributed by atoms with Crippen molar-refractivity contribution in [3.8, 4) is 5.82 Å². The van der Waals surface area contributed by atoms with E-state index in [1.54, 1.807) is 6.33 Å². The minimum atomic E-state index is 0.867.